The molecular formula is C13H15N3O2S2. The van der Waals surface area contributed by atoms with Crippen LogP contribution in [0.5, 0.6) is 0 Å². The van der Waals surface area contributed by atoms with Gasteiger partial charge < -0.3 is 4.98 Å². The number of rotatable bonds is 5. The molecule has 20 heavy (non-hydrogen) atoms. The average molecular weight is 309 g/mol. The van der Waals surface area contributed by atoms with Crippen LogP contribution in [-0.4, -0.2) is 32.0 Å². The number of hydrogen-bond donors (Lipinski definition) is 1. The Morgan fingerprint density at radius 1 is 1.40 bits per heavy atom. The number of H-pyrrole nitrogens is 1. The molecule has 2 heterocycles. The van der Waals surface area contributed by atoms with Gasteiger partial charge in [0.25, 0.3) is 0 Å². The molecule has 1 unspecified atom stereocenters. The Bertz CT molecular complexity index is 647. The number of nitrogens with one attached hydrogen (secondary N) is 1. The molecule has 2 aromatic rings. The minimum atomic E-state index is -0.278. The number of carbonyl (C=O) groups is 2. The molecule has 0 saturated carbocycles. The summed E-state index contributed by atoms with van der Waals surface area (Å²) in [5.41, 5.74) is 4.23. The molecule has 7 heteroatoms. The summed E-state index contributed by atoms with van der Waals surface area (Å²) in [6.07, 6.45) is 0. The molecule has 0 aliphatic heterocycles. The highest BCUT2D eigenvalue weighted by Crippen LogP contribution is 2.28. The fraction of sp³-hybridized carbons (Fsp3) is 0.385. The van der Waals surface area contributed by atoms with Gasteiger partial charge in [0, 0.05) is 11.3 Å². The quantitative estimate of drug-likeness (QED) is 0.678. The number of aryl methyl sites for hydroxylation is 1. The maximum atomic E-state index is 12.5. The van der Waals surface area contributed by atoms with Gasteiger partial charge in [0.05, 0.1) is 10.9 Å². The molecular weight excluding hydrogens is 294 g/mol. The molecule has 1 atom stereocenters. The van der Waals surface area contributed by atoms with Crippen molar-refractivity contribution in [2.45, 2.75) is 37.3 Å². The highest BCUT2D eigenvalue weighted by atomic mass is 32.2. The third kappa shape index (κ3) is 2.83. The molecule has 0 aromatic carbocycles. The summed E-state index contributed by atoms with van der Waals surface area (Å²) in [5, 5.41) is 7.39. The SMILES string of the molecule is CC(=O)c1c(C)[nH]c(C(=O)C(C)Sc2nncs2)c1C. The number of carbonyl (C=O) groups excluding carboxylic acids is 2. The van der Waals surface area contributed by atoms with Crippen LogP contribution >= 0.6 is 23.1 Å². The fourth-order valence-corrected chi connectivity index (χ4v) is 3.83. The predicted octanol–water partition coefficient (Wildman–Crippen LogP) is 3.05. The van der Waals surface area contributed by atoms with Gasteiger partial charge in [-0.1, -0.05) is 23.1 Å². The monoisotopic (exact) mass is 309 g/mol. The second-order valence-corrected chi connectivity index (χ2v) is 6.93. The smallest absolute Gasteiger partial charge is 0.192 e. The van der Waals surface area contributed by atoms with Crippen molar-refractivity contribution in [2.75, 3.05) is 0 Å². The highest BCUT2D eigenvalue weighted by molar-refractivity contribution is 8.02. The first-order chi connectivity index (χ1) is 9.41. The van der Waals surface area contributed by atoms with E-state index in [1.165, 1.54) is 30.0 Å². The van der Waals surface area contributed by atoms with Crippen LogP contribution in [0.3, 0.4) is 0 Å². The number of thioether (sulfide) groups is 1. The van der Waals surface area contributed by atoms with E-state index in [-0.39, 0.29) is 16.8 Å². The summed E-state index contributed by atoms with van der Waals surface area (Å²) in [6, 6.07) is 0. The lowest BCUT2D eigenvalue weighted by Crippen LogP contribution is -2.15. The largest absolute Gasteiger partial charge is 0.355 e. The van der Waals surface area contributed by atoms with Gasteiger partial charge in [0.15, 0.2) is 15.9 Å². The number of aromatic amines is 1. The molecule has 1 N–H and O–H groups in total. The third-order valence-corrected chi connectivity index (χ3v) is 4.93. The van der Waals surface area contributed by atoms with Crippen LogP contribution in [0.4, 0.5) is 0 Å². The second kappa shape index (κ2) is 5.88. The van der Waals surface area contributed by atoms with E-state index in [1.54, 1.807) is 12.4 Å². The van der Waals surface area contributed by atoms with E-state index in [2.05, 4.69) is 15.2 Å². The topological polar surface area (TPSA) is 75.7 Å². The van der Waals surface area contributed by atoms with E-state index in [9.17, 15) is 9.59 Å². The predicted molar refractivity (Wildman–Crippen MR) is 79.8 cm³/mol. The Kier molecular flexibility index (Phi) is 4.39. The molecule has 0 fully saturated rings. The summed E-state index contributed by atoms with van der Waals surface area (Å²) in [7, 11) is 0. The van der Waals surface area contributed by atoms with Crippen LogP contribution in [-0.2, 0) is 0 Å². The maximum Gasteiger partial charge on any atom is 0.192 e. The molecule has 0 amide bonds. The normalized spacial score (nSPS) is 12.4. The summed E-state index contributed by atoms with van der Waals surface area (Å²) >= 11 is 2.78. The van der Waals surface area contributed by atoms with Gasteiger partial charge >= 0.3 is 0 Å². The van der Waals surface area contributed by atoms with Gasteiger partial charge in [-0.3, -0.25) is 9.59 Å². The van der Waals surface area contributed by atoms with Crippen LogP contribution in [0.25, 0.3) is 0 Å². The zero-order valence-corrected chi connectivity index (χ0v) is 13.3. The minimum absolute atomic E-state index is 0.0280. The fourth-order valence-electron chi connectivity index (χ4n) is 2.15. The van der Waals surface area contributed by atoms with Gasteiger partial charge in [-0.2, -0.15) is 0 Å². The molecule has 0 aliphatic carbocycles. The van der Waals surface area contributed by atoms with Crippen molar-refractivity contribution in [3.63, 3.8) is 0 Å². The van der Waals surface area contributed by atoms with Crippen molar-refractivity contribution in [1.29, 1.82) is 0 Å². The van der Waals surface area contributed by atoms with E-state index in [0.717, 1.165) is 15.6 Å². The van der Waals surface area contributed by atoms with Crippen LogP contribution in [0.1, 0.15) is 46.0 Å². The molecule has 2 aromatic heterocycles. The molecule has 106 valence electrons. The van der Waals surface area contributed by atoms with Crippen LogP contribution in [0.2, 0.25) is 0 Å². The number of Topliss-reactive ketones (excluding diaryl/α,β-unsaturated/α-hetero) is 2. The first kappa shape index (κ1) is 14.9. The zero-order valence-electron chi connectivity index (χ0n) is 11.7. The standard InChI is InChI=1S/C13H15N3O2S2/c1-6-10(8(3)17)7(2)15-11(6)12(18)9(4)20-13-16-14-5-19-13/h5,9,15H,1-4H3. The molecule has 0 aliphatic rings. The lowest BCUT2D eigenvalue weighted by Gasteiger charge is -2.07. The van der Waals surface area contributed by atoms with Gasteiger partial charge in [-0.05, 0) is 33.3 Å². The lowest BCUT2D eigenvalue weighted by molar-refractivity contribution is 0.0988. The first-order valence-electron chi connectivity index (χ1n) is 6.09. The van der Waals surface area contributed by atoms with Crippen LogP contribution < -0.4 is 0 Å². The summed E-state index contributed by atoms with van der Waals surface area (Å²) < 4.78 is 0.763. The van der Waals surface area contributed by atoms with Gasteiger partial charge in [0.2, 0.25) is 0 Å². The molecule has 5 nitrogen and oxygen atoms in total. The molecule has 0 bridgehead atoms. The Balaban J connectivity index is 2.25. The summed E-state index contributed by atoms with van der Waals surface area (Å²) in [5.74, 6) is -0.0574. The average Bonchev–Trinajstić information content (AvgIpc) is 2.96. The van der Waals surface area contributed by atoms with Gasteiger partial charge in [0.1, 0.15) is 5.51 Å². The van der Waals surface area contributed by atoms with E-state index < -0.39 is 0 Å². The van der Waals surface area contributed by atoms with Gasteiger partial charge in [-0.25, -0.2) is 0 Å². The summed E-state index contributed by atoms with van der Waals surface area (Å²) in [6.45, 7) is 6.95. The van der Waals surface area contributed by atoms with E-state index in [4.69, 9.17) is 0 Å². The Morgan fingerprint density at radius 2 is 2.10 bits per heavy atom. The molecule has 0 radical (unpaired) electrons. The Morgan fingerprint density at radius 3 is 2.60 bits per heavy atom. The second-order valence-electron chi connectivity index (χ2n) is 4.51. The molecule has 2 rings (SSSR count). The Labute approximate surface area is 125 Å². The number of nitrogens with zero attached hydrogens (tertiary/aromatic N) is 2. The Hall–Kier alpha value is -1.47. The van der Waals surface area contributed by atoms with Crippen molar-refractivity contribution < 1.29 is 9.59 Å². The van der Waals surface area contributed by atoms with Crippen molar-refractivity contribution in [1.82, 2.24) is 15.2 Å². The first-order valence-corrected chi connectivity index (χ1v) is 7.85. The highest BCUT2D eigenvalue weighted by Gasteiger charge is 2.24. The number of ketones is 2. The zero-order chi connectivity index (χ0) is 14.9. The van der Waals surface area contributed by atoms with E-state index in [1.807, 2.05) is 13.8 Å². The van der Waals surface area contributed by atoms with Crippen LogP contribution in [0.15, 0.2) is 9.85 Å². The minimum Gasteiger partial charge on any atom is -0.355 e. The number of aromatic nitrogens is 3. The van der Waals surface area contributed by atoms with Crippen molar-refractivity contribution in [2.24, 2.45) is 0 Å². The van der Waals surface area contributed by atoms with Crippen molar-refractivity contribution >= 4 is 34.7 Å². The molecule has 0 spiro atoms. The van der Waals surface area contributed by atoms with E-state index in [0.29, 0.717) is 11.3 Å². The van der Waals surface area contributed by atoms with Gasteiger partial charge in [-0.15, -0.1) is 10.2 Å². The van der Waals surface area contributed by atoms with E-state index >= 15 is 0 Å². The maximum absolute atomic E-state index is 12.5. The molecule has 0 saturated heterocycles. The summed E-state index contributed by atoms with van der Waals surface area (Å²) in [4.78, 5) is 27.1. The number of hydrogen-bond acceptors (Lipinski definition) is 6. The van der Waals surface area contributed by atoms with Crippen LogP contribution in [0, 0.1) is 13.8 Å². The van der Waals surface area contributed by atoms with Crippen molar-refractivity contribution in [3.8, 4) is 0 Å². The third-order valence-electron chi connectivity index (χ3n) is 3.02. The van der Waals surface area contributed by atoms with Crippen molar-refractivity contribution in [3.05, 3.63) is 28.0 Å². The lowest BCUT2D eigenvalue weighted by atomic mass is 10.0.